The Hall–Kier alpha value is -1.62. The zero-order valence-electron chi connectivity index (χ0n) is 18.2. The molecule has 0 amide bonds. The number of allylic oxidation sites excluding steroid dienone is 3. The number of carbonyl (C=O) groups excluding carboxylic acids is 2. The monoisotopic (exact) mass is 404 g/mol. The molecule has 0 aromatic heterocycles. The van der Waals surface area contributed by atoms with Gasteiger partial charge in [0.15, 0.2) is 0 Å². The summed E-state index contributed by atoms with van der Waals surface area (Å²) in [5.74, 6) is 0.755. The number of aliphatic hydroxyl groups is 1. The Morgan fingerprint density at radius 1 is 1.31 bits per heavy atom. The third kappa shape index (κ3) is 5.30. The summed E-state index contributed by atoms with van der Waals surface area (Å²) in [7, 11) is 0. The van der Waals surface area contributed by atoms with Crippen molar-refractivity contribution in [2.75, 3.05) is 0 Å². The third-order valence-corrected chi connectivity index (χ3v) is 6.93. The summed E-state index contributed by atoms with van der Waals surface area (Å²) in [6, 6.07) is 0. The van der Waals surface area contributed by atoms with Crippen LogP contribution in [-0.2, 0) is 19.1 Å². The average Bonchev–Trinajstić information content (AvgIpc) is 2.65. The second-order valence-corrected chi connectivity index (χ2v) is 9.36. The van der Waals surface area contributed by atoms with Gasteiger partial charge in [0.05, 0.1) is 18.4 Å². The van der Waals surface area contributed by atoms with Gasteiger partial charge in [-0.3, -0.25) is 9.59 Å². The van der Waals surface area contributed by atoms with Crippen molar-refractivity contribution >= 4 is 11.9 Å². The minimum Gasteiger partial charge on any atom is -0.462 e. The van der Waals surface area contributed by atoms with E-state index in [0.29, 0.717) is 24.2 Å². The number of aliphatic hydroxyl groups excluding tert-OH is 1. The standard InChI is InChI=1S/C24H36O5/c1-5-15(3)24(27)29-21-11-14(2)10-17-7-6-16(4)20(23(17)21)9-8-19-12-18(25)13-22(26)28-19/h6-7,10,14-16,18-21,23,25H,5,8-9,11-13H2,1-4H3/t14?,15?,16-,18+,19+,20-,21?,23-/m0/s1. The fourth-order valence-corrected chi connectivity index (χ4v) is 5.07. The van der Waals surface area contributed by atoms with Crippen molar-refractivity contribution in [3.8, 4) is 0 Å². The summed E-state index contributed by atoms with van der Waals surface area (Å²) >= 11 is 0. The predicted molar refractivity (Wildman–Crippen MR) is 111 cm³/mol. The summed E-state index contributed by atoms with van der Waals surface area (Å²) in [5, 5.41) is 9.89. The van der Waals surface area contributed by atoms with E-state index in [9.17, 15) is 14.7 Å². The highest BCUT2D eigenvalue weighted by Gasteiger charge is 2.42. The van der Waals surface area contributed by atoms with Crippen molar-refractivity contribution < 1.29 is 24.2 Å². The van der Waals surface area contributed by atoms with E-state index in [1.54, 1.807) is 0 Å². The molecule has 0 saturated carbocycles. The topological polar surface area (TPSA) is 72.8 Å². The quantitative estimate of drug-likeness (QED) is 0.672. The number of rotatable bonds is 6. The largest absolute Gasteiger partial charge is 0.462 e. The fraction of sp³-hybridized carbons (Fsp3) is 0.750. The first kappa shape index (κ1) is 22.1. The van der Waals surface area contributed by atoms with Crippen LogP contribution in [0.25, 0.3) is 0 Å². The van der Waals surface area contributed by atoms with E-state index in [-0.39, 0.29) is 42.4 Å². The van der Waals surface area contributed by atoms with Crippen molar-refractivity contribution in [1.82, 2.24) is 0 Å². The fourth-order valence-electron chi connectivity index (χ4n) is 5.07. The molecule has 8 atom stereocenters. The molecule has 0 spiro atoms. The molecular weight excluding hydrogens is 368 g/mol. The molecule has 1 aliphatic heterocycles. The second kappa shape index (κ2) is 9.46. The minimum absolute atomic E-state index is 0.0854. The molecule has 29 heavy (non-hydrogen) atoms. The predicted octanol–water partition coefficient (Wildman–Crippen LogP) is 4.20. The number of fused-ring (bicyclic) bond motifs is 1. The van der Waals surface area contributed by atoms with Crippen molar-refractivity contribution in [3.63, 3.8) is 0 Å². The first-order valence-corrected chi connectivity index (χ1v) is 11.3. The van der Waals surface area contributed by atoms with Crippen molar-refractivity contribution in [1.29, 1.82) is 0 Å². The first-order valence-electron chi connectivity index (χ1n) is 11.3. The summed E-state index contributed by atoms with van der Waals surface area (Å²) in [6.07, 6.45) is 9.70. The molecule has 0 bridgehead atoms. The van der Waals surface area contributed by atoms with Crippen LogP contribution < -0.4 is 0 Å². The highest BCUT2D eigenvalue weighted by molar-refractivity contribution is 5.72. The zero-order valence-corrected chi connectivity index (χ0v) is 18.2. The van der Waals surface area contributed by atoms with Crippen LogP contribution in [0.2, 0.25) is 0 Å². The molecule has 0 aromatic carbocycles. The van der Waals surface area contributed by atoms with Gasteiger partial charge in [-0.15, -0.1) is 0 Å². The molecule has 5 nitrogen and oxygen atoms in total. The van der Waals surface area contributed by atoms with Gasteiger partial charge in [0.1, 0.15) is 12.2 Å². The number of ether oxygens (including phenoxy) is 2. The Morgan fingerprint density at radius 2 is 2.07 bits per heavy atom. The Balaban J connectivity index is 1.74. The van der Waals surface area contributed by atoms with E-state index in [1.165, 1.54) is 5.57 Å². The van der Waals surface area contributed by atoms with Gasteiger partial charge in [-0.05, 0) is 49.0 Å². The maximum atomic E-state index is 12.5. The lowest BCUT2D eigenvalue weighted by atomic mass is 9.65. The lowest BCUT2D eigenvalue weighted by molar-refractivity contribution is -0.162. The number of esters is 2. The van der Waals surface area contributed by atoms with Gasteiger partial charge < -0.3 is 14.6 Å². The summed E-state index contributed by atoms with van der Waals surface area (Å²) in [6.45, 7) is 8.33. The van der Waals surface area contributed by atoms with E-state index < -0.39 is 6.10 Å². The molecule has 162 valence electrons. The van der Waals surface area contributed by atoms with E-state index >= 15 is 0 Å². The average molecular weight is 405 g/mol. The SMILES string of the molecule is CCC(C)C(=O)OC1CC(C)C=C2C=C[C@H](C)[C@H](CC[C@@H]3C[C@@H](O)CC(=O)O3)[C@H]21. The highest BCUT2D eigenvalue weighted by Crippen LogP contribution is 2.45. The van der Waals surface area contributed by atoms with Crippen LogP contribution in [0, 0.1) is 29.6 Å². The van der Waals surface area contributed by atoms with E-state index in [0.717, 1.165) is 25.7 Å². The van der Waals surface area contributed by atoms with Crippen LogP contribution in [0.3, 0.4) is 0 Å². The molecule has 1 saturated heterocycles. The van der Waals surface area contributed by atoms with Gasteiger partial charge in [0.2, 0.25) is 0 Å². The molecule has 3 rings (SSSR count). The van der Waals surface area contributed by atoms with Gasteiger partial charge in [0, 0.05) is 12.3 Å². The second-order valence-electron chi connectivity index (χ2n) is 9.36. The Bertz CT molecular complexity index is 666. The van der Waals surface area contributed by atoms with Crippen molar-refractivity contribution in [2.45, 2.75) is 84.5 Å². The lowest BCUT2D eigenvalue weighted by Gasteiger charge is -2.43. The third-order valence-electron chi connectivity index (χ3n) is 6.93. The first-order chi connectivity index (χ1) is 13.8. The highest BCUT2D eigenvalue weighted by atomic mass is 16.5. The summed E-state index contributed by atoms with van der Waals surface area (Å²) in [5.41, 5.74) is 1.27. The summed E-state index contributed by atoms with van der Waals surface area (Å²) in [4.78, 5) is 24.2. The molecule has 1 fully saturated rings. The normalized spacial score (nSPS) is 37.9. The Kier molecular flexibility index (Phi) is 7.20. The van der Waals surface area contributed by atoms with Crippen LogP contribution >= 0.6 is 0 Å². The molecule has 3 unspecified atom stereocenters. The van der Waals surface area contributed by atoms with Gasteiger partial charge >= 0.3 is 11.9 Å². The van der Waals surface area contributed by atoms with Gasteiger partial charge in [-0.1, -0.05) is 45.9 Å². The Labute approximate surface area is 174 Å². The van der Waals surface area contributed by atoms with Gasteiger partial charge in [-0.25, -0.2) is 0 Å². The van der Waals surface area contributed by atoms with Crippen LogP contribution in [-0.4, -0.2) is 35.4 Å². The van der Waals surface area contributed by atoms with E-state index in [2.05, 4.69) is 32.1 Å². The number of cyclic esters (lactones) is 1. The lowest BCUT2D eigenvalue weighted by Crippen LogP contribution is -2.42. The van der Waals surface area contributed by atoms with Crippen LogP contribution in [0.4, 0.5) is 0 Å². The molecule has 1 heterocycles. The molecule has 2 aliphatic carbocycles. The number of hydrogen-bond acceptors (Lipinski definition) is 5. The van der Waals surface area contributed by atoms with Crippen molar-refractivity contribution in [2.24, 2.45) is 29.6 Å². The molecule has 5 heteroatoms. The van der Waals surface area contributed by atoms with Gasteiger partial charge in [0.25, 0.3) is 0 Å². The Morgan fingerprint density at radius 3 is 2.76 bits per heavy atom. The molecule has 1 N–H and O–H groups in total. The van der Waals surface area contributed by atoms with Crippen LogP contribution in [0.1, 0.15) is 66.2 Å². The van der Waals surface area contributed by atoms with Gasteiger partial charge in [-0.2, -0.15) is 0 Å². The van der Waals surface area contributed by atoms with Crippen LogP contribution in [0.15, 0.2) is 23.8 Å². The minimum atomic E-state index is -0.597. The maximum Gasteiger partial charge on any atom is 0.308 e. The van der Waals surface area contributed by atoms with Crippen molar-refractivity contribution in [3.05, 3.63) is 23.8 Å². The number of hydrogen-bond donors (Lipinski definition) is 1. The molecule has 3 aliphatic rings. The van der Waals surface area contributed by atoms with Crippen LogP contribution in [0.5, 0.6) is 0 Å². The molecule has 0 aromatic rings. The summed E-state index contributed by atoms with van der Waals surface area (Å²) < 4.78 is 11.5. The smallest absolute Gasteiger partial charge is 0.308 e. The molecule has 0 radical (unpaired) electrons. The van der Waals surface area contributed by atoms with E-state index in [1.807, 2.05) is 13.8 Å². The zero-order chi connectivity index (χ0) is 21.1. The molecular formula is C24H36O5. The number of carbonyl (C=O) groups is 2. The maximum absolute atomic E-state index is 12.5. The van der Waals surface area contributed by atoms with E-state index in [4.69, 9.17) is 9.47 Å².